The Morgan fingerprint density at radius 3 is 2.37 bits per heavy atom. The summed E-state index contributed by atoms with van der Waals surface area (Å²) in [6, 6.07) is 23.7. The molecule has 0 saturated heterocycles. The molecule has 4 rings (SSSR count). The number of hydrogen-bond acceptors (Lipinski definition) is 4. The van der Waals surface area contributed by atoms with E-state index in [4.69, 9.17) is 16.7 Å². The van der Waals surface area contributed by atoms with Crippen molar-refractivity contribution in [3.63, 3.8) is 0 Å². The fourth-order valence-electron chi connectivity index (χ4n) is 3.35. The summed E-state index contributed by atoms with van der Waals surface area (Å²) in [6.45, 7) is 0. The lowest BCUT2D eigenvalue weighted by Gasteiger charge is -2.24. The van der Waals surface area contributed by atoms with Crippen LogP contribution in [0.2, 0.25) is 5.02 Å². The quantitative estimate of drug-likeness (QED) is 0.439. The van der Waals surface area contributed by atoms with E-state index in [0.717, 1.165) is 17.0 Å². The Balaban J connectivity index is 1.84. The number of hydrazone groups is 1. The second-order valence-corrected chi connectivity index (χ2v) is 6.65. The molecule has 0 radical (unpaired) electrons. The minimum absolute atomic E-state index is 0.0871. The Morgan fingerprint density at radius 1 is 0.963 bits per heavy atom. The molecule has 0 spiro atoms. The summed E-state index contributed by atoms with van der Waals surface area (Å²) in [4.78, 5) is 11.2. The zero-order valence-electron chi connectivity index (χ0n) is 14.3. The third-order valence-corrected chi connectivity index (χ3v) is 4.93. The number of nitrogens with zero attached hydrogens (tertiary/aromatic N) is 3. The molecule has 3 aromatic carbocycles. The maximum absolute atomic E-state index is 11.6. The van der Waals surface area contributed by atoms with E-state index in [1.165, 1.54) is 6.07 Å². The van der Waals surface area contributed by atoms with Gasteiger partial charge in [0.1, 0.15) is 0 Å². The van der Waals surface area contributed by atoms with Crippen molar-refractivity contribution >= 4 is 28.7 Å². The summed E-state index contributed by atoms with van der Waals surface area (Å²) >= 11 is 6.41. The van der Waals surface area contributed by atoms with Gasteiger partial charge in [-0.15, -0.1) is 0 Å². The van der Waals surface area contributed by atoms with Crippen molar-refractivity contribution in [2.75, 3.05) is 5.01 Å². The highest BCUT2D eigenvalue weighted by molar-refractivity contribution is 6.33. The molecule has 0 aromatic heterocycles. The molecule has 1 atom stereocenters. The van der Waals surface area contributed by atoms with Crippen molar-refractivity contribution in [1.29, 1.82) is 0 Å². The van der Waals surface area contributed by atoms with Gasteiger partial charge in [0.15, 0.2) is 0 Å². The second kappa shape index (κ2) is 7.21. The Bertz CT molecular complexity index is 1020. The number of hydrogen-bond donors (Lipinski definition) is 0. The largest absolute Gasteiger partial charge is 0.274 e. The first-order valence-electron chi connectivity index (χ1n) is 8.55. The third kappa shape index (κ3) is 3.29. The summed E-state index contributed by atoms with van der Waals surface area (Å²) in [6.07, 6.45) is 0.556. The maximum Gasteiger partial charge on any atom is 0.274 e. The highest BCUT2D eigenvalue weighted by Crippen LogP contribution is 2.42. The SMILES string of the molecule is O=[N+]([O-])c1ccccc1C1CC(c2ccccc2)=NN1c1ccccc1Cl. The van der Waals surface area contributed by atoms with Crippen LogP contribution in [0.3, 0.4) is 0 Å². The highest BCUT2D eigenvalue weighted by atomic mass is 35.5. The van der Waals surface area contributed by atoms with Crippen molar-refractivity contribution in [2.24, 2.45) is 5.10 Å². The van der Waals surface area contributed by atoms with Crippen LogP contribution >= 0.6 is 11.6 Å². The van der Waals surface area contributed by atoms with Crippen molar-refractivity contribution < 1.29 is 4.92 Å². The number of anilines is 1. The standard InChI is InChI=1S/C21H16ClN3O2/c22-17-11-5-7-13-20(17)24-21(16-10-4-6-12-19(16)25(26)27)14-18(23-24)15-8-2-1-3-9-15/h1-13,21H,14H2. The van der Waals surface area contributed by atoms with Crippen LogP contribution in [-0.4, -0.2) is 10.6 Å². The Kier molecular flexibility index (Phi) is 4.60. The van der Waals surface area contributed by atoms with Crippen LogP contribution in [0.4, 0.5) is 11.4 Å². The molecule has 1 aliphatic rings. The first kappa shape index (κ1) is 17.2. The fraction of sp³-hybridized carbons (Fsp3) is 0.0952. The lowest BCUT2D eigenvalue weighted by atomic mass is 9.97. The average molecular weight is 378 g/mol. The molecule has 1 heterocycles. The molecule has 27 heavy (non-hydrogen) atoms. The number of halogens is 1. The van der Waals surface area contributed by atoms with Gasteiger partial charge >= 0.3 is 0 Å². The van der Waals surface area contributed by atoms with Gasteiger partial charge in [-0.1, -0.05) is 66.2 Å². The van der Waals surface area contributed by atoms with E-state index in [1.54, 1.807) is 23.2 Å². The minimum Gasteiger partial charge on any atom is -0.258 e. The van der Waals surface area contributed by atoms with Gasteiger partial charge in [-0.25, -0.2) is 0 Å². The molecule has 134 valence electrons. The van der Waals surface area contributed by atoms with Gasteiger partial charge in [0, 0.05) is 12.5 Å². The zero-order valence-corrected chi connectivity index (χ0v) is 15.1. The van der Waals surface area contributed by atoms with Crippen LogP contribution in [0, 0.1) is 10.1 Å². The van der Waals surface area contributed by atoms with Gasteiger partial charge in [0.2, 0.25) is 0 Å². The summed E-state index contributed by atoms with van der Waals surface area (Å²) in [7, 11) is 0. The fourth-order valence-corrected chi connectivity index (χ4v) is 3.58. The Hall–Kier alpha value is -3.18. The van der Waals surface area contributed by atoms with Gasteiger partial charge in [0.25, 0.3) is 5.69 Å². The molecule has 0 bridgehead atoms. The van der Waals surface area contributed by atoms with Crippen LogP contribution < -0.4 is 5.01 Å². The van der Waals surface area contributed by atoms with E-state index < -0.39 is 0 Å². The summed E-state index contributed by atoms with van der Waals surface area (Å²) < 4.78 is 0. The van der Waals surface area contributed by atoms with E-state index in [0.29, 0.717) is 17.0 Å². The minimum atomic E-state index is -0.347. The smallest absolute Gasteiger partial charge is 0.258 e. The summed E-state index contributed by atoms with van der Waals surface area (Å²) in [5.41, 5.74) is 3.31. The average Bonchev–Trinajstić information content (AvgIpc) is 3.14. The van der Waals surface area contributed by atoms with E-state index >= 15 is 0 Å². The topological polar surface area (TPSA) is 58.7 Å². The number of nitro benzene ring substituents is 1. The van der Waals surface area contributed by atoms with E-state index in [2.05, 4.69) is 0 Å². The van der Waals surface area contributed by atoms with Crippen molar-refractivity contribution in [1.82, 2.24) is 0 Å². The monoisotopic (exact) mass is 377 g/mol. The number of benzene rings is 3. The Labute approximate surface area is 161 Å². The number of rotatable bonds is 4. The van der Waals surface area contributed by atoms with Gasteiger partial charge < -0.3 is 0 Å². The number of para-hydroxylation sites is 2. The Morgan fingerprint density at radius 2 is 1.63 bits per heavy atom. The van der Waals surface area contributed by atoms with Crippen LogP contribution in [-0.2, 0) is 0 Å². The molecular formula is C21H16ClN3O2. The van der Waals surface area contributed by atoms with E-state index in [1.807, 2.05) is 54.6 Å². The molecule has 5 nitrogen and oxygen atoms in total. The second-order valence-electron chi connectivity index (χ2n) is 6.24. The first-order chi connectivity index (χ1) is 13.1. The van der Waals surface area contributed by atoms with Crippen molar-refractivity contribution in [3.05, 3.63) is 105 Å². The van der Waals surface area contributed by atoms with Crippen LogP contribution in [0.1, 0.15) is 23.6 Å². The molecule has 6 heteroatoms. The predicted molar refractivity (Wildman–Crippen MR) is 107 cm³/mol. The zero-order chi connectivity index (χ0) is 18.8. The molecule has 1 aliphatic heterocycles. The highest BCUT2D eigenvalue weighted by Gasteiger charge is 2.34. The van der Waals surface area contributed by atoms with E-state index in [9.17, 15) is 10.1 Å². The molecule has 3 aromatic rings. The van der Waals surface area contributed by atoms with Gasteiger partial charge in [-0.05, 0) is 23.8 Å². The molecule has 0 saturated carbocycles. The van der Waals surface area contributed by atoms with Crippen LogP contribution in [0.15, 0.2) is 84.0 Å². The van der Waals surface area contributed by atoms with Crippen LogP contribution in [0.5, 0.6) is 0 Å². The number of nitro groups is 1. The molecule has 1 unspecified atom stereocenters. The molecule has 0 amide bonds. The molecule has 0 fully saturated rings. The summed E-state index contributed by atoms with van der Waals surface area (Å²) in [5, 5.41) is 18.7. The van der Waals surface area contributed by atoms with Crippen LogP contribution in [0.25, 0.3) is 0 Å². The van der Waals surface area contributed by atoms with E-state index in [-0.39, 0.29) is 16.7 Å². The molecule has 0 N–H and O–H groups in total. The predicted octanol–water partition coefficient (Wildman–Crippen LogP) is 5.60. The lowest BCUT2D eigenvalue weighted by molar-refractivity contribution is -0.385. The third-order valence-electron chi connectivity index (χ3n) is 4.61. The van der Waals surface area contributed by atoms with Crippen molar-refractivity contribution in [2.45, 2.75) is 12.5 Å². The van der Waals surface area contributed by atoms with Gasteiger partial charge in [-0.2, -0.15) is 5.10 Å². The van der Waals surface area contributed by atoms with Gasteiger partial charge in [0.05, 0.1) is 33.0 Å². The molecular weight excluding hydrogens is 362 g/mol. The maximum atomic E-state index is 11.6. The van der Waals surface area contributed by atoms with Gasteiger partial charge in [-0.3, -0.25) is 15.1 Å². The van der Waals surface area contributed by atoms with Crippen molar-refractivity contribution in [3.8, 4) is 0 Å². The normalized spacial score (nSPS) is 16.3. The molecule has 0 aliphatic carbocycles. The summed E-state index contributed by atoms with van der Waals surface area (Å²) in [5.74, 6) is 0. The first-order valence-corrected chi connectivity index (χ1v) is 8.93. The lowest BCUT2D eigenvalue weighted by Crippen LogP contribution is -2.19.